The van der Waals surface area contributed by atoms with Crippen molar-refractivity contribution in [3.63, 3.8) is 0 Å². The van der Waals surface area contributed by atoms with Gasteiger partial charge in [-0.1, -0.05) is 0 Å². The summed E-state index contributed by atoms with van der Waals surface area (Å²) in [5, 5.41) is 7.14. The highest BCUT2D eigenvalue weighted by Crippen LogP contribution is 2.22. The Hall–Kier alpha value is -1.06. The Bertz CT molecular complexity index is 425. The molecule has 0 saturated carbocycles. The topological polar surface area (TPSA) is 41.6 Å². The molecule has 2 heterocycles. The fourth-order valence-corrected chi connectivity index (χ4v) is 1.62. The number of aromatic nitrogens is 3. The first-order valence-corrected chi connectivity index (χ1v) is 4.86. The van der Waals surface area contributed by atoms with Gasteiger partial charge in [0.15, 0.2) is 0 Å². The number of hydrogen-bond donors (Lipinski definition) is 1. The monoisotopic (exact) mass is 243 g/mol. The molecule has 2 rings (SSSR count). The van der Waals surface area contributed by atoms with Crippen molar-refractivity contribution in [1.82, 2.24) is 15.2 Å². The first kappa shape index (κ1) is 12.0. The van der Waals surface area contributed by atoms with Gasteiger partial charge in [0.05, 0.1) is 17.3 Å². The molecule has 0 spiro atoms. The minimum Gasteiger partial charge on any atom is -0.280 e. The van der Waals surface area contributed by atoms with Crippen molar-refractivity contribution in [3.05, 3.63) is 35.8 Å². The van der Waals surface area contributed by atoms with Crippen LogP contribution in [0.15, 0.2) is 24.5 Å². The Balaban J connectivity index is 0.00000112. The molecule has 0 saturated heterocycles. The van der Waals surface area contributed by atoms with Crippen molar-refractivity contribution in [2.45, 2.75) is 12.8 Å². The molecule has 3 nitrogen and oxygen atoms in total. The minimum atomic E-state index is 0. The number of rotatable bonds is 2. The zero-order valence-corrected chi connectivity index (χ0v) is 9.77. The molecule has 0 aromatic carbocycles. The van der Waals surface area contributed by atoms with E-state index in [1.165, 1.54) is 0 Å². The fourth-order valence-electron chi connectivity index (χ4n) is 1.35. The van der Waals surface area contributed by atoms with E-state index >= 15 is 0 Å². The Kier molecular flexibility index (Phi) is 4.12. The Morgan fingerprint density at radius 3 is 2.53 bits per heavy atom. The van der Waals surface area contributed by atoms with Crippen molar-refractivity contribution in [2.24, 2.45) is 0 Å². The Morgan fingerprint density at radius 1 is 1.33 bits per heavy atom. The minimum absolute atomic E-state index is 0. The van der Waals surface area contributed by atoms with E-state index < -0.39 is 0 Å². The third kappa shape index (κ3) is 2.30. The molecule has 0 aliphatic rings. The summed E-state index contributed by atoms with van der Waals surface area (Å²) in [5.41, 5.74) is 4.08. The molecule has 5 heteroatoms. The molecule has 2 aromatic rings. The van der Waals surface area contributed by atoms with Crippen molar-refractivity contribution in [1.29, 1.82) is 0 Å². The molecule has 0 aliphatic carbocycles. The highest BCUT2D eigenvalue weighted by atomic mass is 35.5. The summed E-state index contributed by atoms with van der Waals surface area (Å²) in [5.74, 6) is 0.462. The number of aromatic amines is 1. The predicted molar refractivity (Wildman–Crippen MR) is 63.4 cm³/mol. The standard InChI is InChI=1S/C10H10ClN3.ClH/c1-7-9(6-11)13-14-10(7)8-2-4-12-5-3-8;/h2-5H,6H2,1H3,(H,13,14);1H. The summed E-state index contributed by atoms with van der Waals surface area (Å²) in [6.45, 7) is 2.01. The van der Waals surface area contributed by atoms with Gasteiger partial charge in [0.1, 0.15) is 0 Å². The first-order valence-electron chi connectivity index (χ1n) is 4.33. The Morgan fingerprint density at radius 2 is 2.00 bits per heavy atom. The maximum Gasteiger partial charge on any atom is 0.0954 e. The van der Waals surface area contributed by atoms with Crippen molar-refractivity contribution < 1.29 is 0 Å². The smallest absolute Gasteiger partial charge is 0.0954 e. The van der Waals surface area contributed by atoms with Gasteiger partial charge in [-0.2, -0.15) is 5.10 Å². The largest absolute Gasteiger partial charge is 0.280 e. The third-order valence-corrected chi connectivity index (χ3v) is 2.47. The number of nitrogens with one attached hydrogen (secondary N) is 1. The van der Waals surface area contributed by atoms with Gasteiger partial charge in [-0.25, -0.2) is 0 Å². The average Bonchev–Trinajstić information content (AvgIpc) is 2.61. The van der Waals surface area contributed by atoms with Gasteiger partial charge < -0.3 is 0 Å². The van der Waals surface area contributed by atoms with Crippen LogP contribution in [0, 0.1) is 6.92 Å². The van der Waals surface area contributed by atoms with Gasteiger partial charge in [-0.05, 0) is 24.6 Å². The van der Waals surface area contributed by atoms with E-state index in [4.69, 9.17) is 11.6 Å². The summed E-state index contributed by atoms with van der Waals surface area (Å²) in [6.07, 6.45) is 3.51. The number of halogens is 2. The van der Waals surface area contributed by atoms with E-state index in [2.05, 4.69) is 15.2 Å². The molecule has 80 valence electrons. The summed E-state index contributed by atoms with van der Waals surface area (Å²) in [6, 6.07) is 3.86. The lowest BCUT2D eigenvalue weighted by Gasteiger charge is -1.97. The van der Waals surface area contributed by atoms with Crippen LogP contribution in [-0.2, 0) is 5.88 Å². The van der Waals surface area contributed by atoms with Crippen molar-refractivity contribution >= 4 is 24.0 Å². The molecular weight excluding hydrogens is 233 g/mol. The number of alkyl halides is 1. The molecule has 0 fully saturated rings. The maximum atomic E-state index is 5.75. The molecule has 15 heavy (non-hydrogen) atoms. The molecule has 0 radical (unpaired) electrons. The van der Waals surface area contributed by atoms with E-state index in [-0.39, 0.29) is 12.4 Å². The average molecular weight is 244 g/mol. The number of hydrogen-bond acceptors (Lipinski definition) is 2. The van der Waals surface area contributed by atoms with E-state index in [1.807, 2.05) is 19.1 Å². The quantitative estimate of drug-likeness (QED) is 0.825. The second-order valence-corrected chi connectivity index (χ2v) is 3.31. The summed E-state index contributed by atoms with van der Waals surface area (Å²) >= 11 is 5.75. The van der Waals surface area contributed by atoms with Crippen LogP contribution < -0.4 is 0 Å². The lowest BCUT2D eigenvalue weighted by atomic mass is 10.1. The second kappa shape index (κ2) is 5.14. The molecular formula is C10H11Cl2N3. The van der Waals surface area contributed by atoms with Crippen LogP contribution in [0.1, 0.15) is 11.3 Å². The second-order valence-electron chi connectivity index (χ2n) is 3.05. The van der Waals surface area contributed by atoms with Crippen LogP contribution in [0.5, 0.6) is 0 Å². The molecule has 0 atom stereocenters. The number of nitrogens with zero attached hydrogens (tertiary/aromatic N) is 2. The zero-order chi connectivity index (χ0) is 9.97. The SMILES string of the molecule is Cc1c(-c2ccncc2)n[nH]c1CCl.Cl. The van der Waals surface area contributed by atoms with Gasteiger partial charge in [0.25, 0.3) is 0 Å². The predicted octanol–water partition coefficient (Wildman–Crippen LogP) is 2.94. The fraction of sp³-hybridized carbons (Fsp3) is 0.200. The molecule has 0 bridgehead atoms. The van der Waals surface area contributed by atoms with E-state index in [1.54, 1.807) is 12.4 Å². The van der Waals surface area contributed by atoms with Crippen LogP contribution in [0.4, 0.5) is 0 Å². The summed E-state index contributed by atoms with van der Waals surface area (Å²) < 4.78 is 0. The molecule has 2 aromatic heterocycles. The molecule has 1 N–H and O–H groups in total. The van der Waals surface area contributed by atoms with E-state index in [0.29, 0.717) is 5.88 Å². The number of H-pyrrole nitrogens is 1. The zero-order valence-electron chi connectivity index (χ0n) is 8.20. The highest BCUT2D eigenvalue weighted by Gasteiger charge is 2.09. The summed E-state index contributed by atoms with van der Waals surface area (Å²) in [7, 11) is 0. The van der Waals surface area contributed by atoms with Crippen molar-refractivity contribution in [3.8, 4) is 11.3 Å². The van der Waals surface area contributed by atoms with Gasteiger partial charge in [0, 0.05) is 18.0 Å². The number of pyridine rings is 1. The van der Waals surface area contributed by atoms with Gasteiger partial charge in [-0.3, -0.25) is 10.1 Å². The van der Waals surface area contributed by atoms with Crippen LogP contribution in [-0.4, -0.2) is 15.2 Å². The Labute approximate surface area is 99.3 Å². The van der Waals surface area contributed by atoms with Crippen LogP contribution in [0.2, 0.25) is 0 Å². The normalized spacial score (nSPS) is 9.73. The van der Waals surface area contributed by atoms with Gasteiger partial charge in [-0.15, -0.1) is 24.0 Å². The lowest BCUT2D eigenvalue weighted by Crippen LogP contribution is -1.82. The van der Waals surface area contributed by atoms with Gasteiger partial charge >= 0.3 is 0 Å². The maximum absolute atomic E-state index is 5.75. The van der Waals surface area contributed by atoms with Crippen LogP contribution in [0.25, 0.3) is 11.3 Å². The first-order chi connectivity index (χ1) is 6.83. The van der Waals surface area contributed by atoms with Gasteiger partial charge in [0.2, 0.25) is 0 Å². The van der Waals surface area contributed by atoms with E-state index in [0.717, 1.165) is 22.5 Å². The molecule has 0 amide bonds. The molecule has 0 unspecified atom stereocenters. The van der Waals surface area contributed by atoms with Crippen LogP contribution in [0.3, 0.4) is 0 Å². The summed E-state index contributed by atoms with van der Waals surface area (Å²) in [4.78, 5) is 3.96. The van der Waals surface area contributed by atoms with Crippen molar-refractivity contribution in [2.75, 3.05) is 0 Å². The third-order valence-electron chi connectivity index (χ3n) is 2.20. The van der Waals surface area contributed by atoms with E-state index in [9.17, 15) is 0 Å². The lowest BCUT2D eigenvalue weighted by molar-refractivity contribution is 1.03. The van der Waals surface area contributed by atoms with Crippen LogP contribution >= 0.6 is 24.0 Å². The highest BCUT2D eigenvalue weighted by molar-refractivity contribution is 6.17. The molecule has 0 aliphatic heterocycles.